The second-order valence-electron chi connectivity index (χ2n) is 0.408. The monoisotopic (exact) mass is 192 g/mol. The van der Waals surface area contributed by atoms with E-state index in [9.17, 15) is 0 Å². The SMILES string of the molecule is [GeH2+2].[O]=[Cr](=[O])([O-])[O-]. The van der Waals surface area contributed by atoms with E-state index in [2.05, 4.69) is 0 Å². The third kappa shape index (κ3) is 168. The molecule has 0 amide bonds. The van der Waals surface area contributed by atoms with Crippen molar-refractivity contribution in [3.8, 4) is 0 Å². The standard InChI is InChI=1S/Cr.GeH2.4O/h;1H2;;;;/q;+2;;;2*-1. The normalized spacial score (nSPS) is 9.67. The molecule has 0 spiro atoms. The van der Waals surface area contributed by atoms with Crippen molar-refractivity contribution in [2.24, 2.45) is 0 Å². The molecule has 4 nitrogen and oxygen atoms in total. The second-order valence-corrected chi connectivity index (χ2v) is 1.68. The van der Waals surface area contributed by atoms with Crippen molar-refractivity contribution in [2.75, 3.05) is 0 Å². The molecule has 0 rings (SSSR count). The van der Waals surface area contributed by atoms with Crippen molar-refractivity contribution in [3.63, 3.8) is 0 Å². The van der Waals surface area contributed by atoms with Crippen LogP contribution in [0.1, 0.15) is 0 Å². The van der Waals surface area contributed by atoms with E-state index in [1.165, 1.54) is 0 Å². The summed E-state index contributed by atoms with van der Waals surface area (Å²) >= 11 is -5.75. The molecular weight excluding hydrogens is 189 g/mol. The number of rotatable bonds is 0. The van der Waals surface area contributed by atoms with E-state index in [4.69, 9.17) is 15.9 Å². The Morgan fingerprint density at radius 3 is 1.17 bits per heavy atom. The van der Waals surface area contributed by atoms with Gasteiger partial charge in [-0.3, -0.25) is 0 Å². The Morgan fingerprint density at radius 2 is 1.17 bits per heavy atom. The topological polar surface area (TPSA) is 80.3 Å². The Bertz CT molecular complexity index is 90.7. The fraction of sp³-hybridized carbons (Fsp3) is 0. The molecule has 0 saturated carbocycles. The predicted octanol–water partition coefficient (Wildman–Crippen LogP) is -3.53. The van der Waals surface area contributed by atoms with Gasteiger partial charge in [-0.15, -0.1) is 0 Å². The molecule has 0 fully saturated rings. The van der Waals surface area contributed by atoms with Crippen molar-refractivity contribution in [3.05, 3.63) is 0 Å². The van der Waals surface area contributed by atoms with Crippen LogP contribution in [0.3, 0.4) is 0 Å². The first kappa shape index (κ1) is 9.78. The minimum atomic E-state index is -5.75. The summed E-state index contributed by atoms with van der Waals surface area (Å²) in [6.07, 6.45) is 0. The molecule has 6 heavy (non-hydrogen) atoms. The van der Waals surface area contributed by atoms with Crippen molar-refractivity contribution in [2.45, 2.75) is 0 Å². The van der Waals surface area contributed by atoms with Crippen LogP contribution in [0.4, 0.5) is 0 Å². The molecule has 0 saturated heterocycles. The van der Waals surface area contributed by atoms with Crippen LogP contribution in [0.5, 0.6) is 0 Å². The third-order valence-electron chi connectivity index (χ3n) is 0. The molecular formula is H2CrGeO4. The molecule has 0 aliphatic carbocycles. The maximum absolute atomic E-state index is 8.59. The predicted molar refractivity (Wildman–Crippen MR) is 9.92 cm³/mol. The second kappa shape index (κ2) is 2.72. The molecule has 0 aromatic rings. The van der Waals surface area contributed by atoms with Crippen LogP contribution in [0.15, 0.2) is 0 Å². The Kier molecular flexibility index (Phi) is 4.43. The quantitative estimate of drug-likeness (QED) is 0.371. The fourth-order valence-electron chi connectivity index (χ4n) is 0. The molecule has 0 aromatic carbocycles. The minimum absolute atomic E-state index is 0. The van der Waals surface area contributed by atoms with Gasteiger partial charge in [-0.25, -0.2) is 0 Å². The summed E-state index contributed by atoms with van der Waals surface area (Å²) < 4.78 is 34.4. The van der Waals surface area contributed by atoms with Gasteiger partial charge in [0.1, 0.15) is 0 Å². The Hall–Kier alpha value is 0.595. The zero-order chi connectivity index (χ0) is 4.50. The third-order valence-corrected chi connectivity index (χ3v) is 0. The van der Waals surface area contributed by atoms with Gasteiger partial charge in [-0.1, -0.05) is 0 Å². The molecule has 0 aliphatic rings. The summed E-state index contributed by atoms with van der Waals surface area (Å²) in [6.45, 7) is 0. The first-order chi connectivity index (χ1) is 2.00. The maximum atomic E-state index is 8.59. The summed E-state index contributed by atoms with van der Waals surface area (Å²) in [5, 5.41) is 0. The molecule has 0 radical (unpaired) electrons. The van der Waals surface area contributed by atoms with Crippen LogP contribution in [0, 0.1) is 0 Å². The number of hydrogen-bond donors (Lipinski definition) is 0. The van der Waals surface area contributed by atoms with Crippen molar-refractivity contribution < 1.29 is 29.5 Å². The van der Waals surface area contributed by atoms with Gasteiger partial charge >= 0.3 is 47.1 Å². The zero-order valence-corrected chi connectivity index (χ0v) is 6.99. The van der Waals surface area contributed by atoms with Crippen LogP contribution >= 0.6 is 0 Å². The summed E-state index contributed by atoms with van der Waals surface area (Å²) in [4.78, 5) is 0. The van der Waals surface area contributed by atoms with Gasteiger partial charge in [0.25, 0.3) is 0 Å². The van der Waals surface area contributed by atoms with Crippen molar-refractivity contribution in [1.29, 1.82) is 0 Å². The van der Waals surface area contributed by atoms with E-state index in [-0.39, 0.29) is 17.6 Å². The first-order valence-electron chi connectivity index (χ1n) is 0.667. The molecule has 0 atom stereocenters. The molecule has 0 heterocycles. The summed E-state index contributed by atoms with van der Waals surface area (Å²) in [6, 6.07) is 0. The van der Waals surface area contributed by atoms with Crippen molar-refractivity contribution >= 4 is 17.6 Å². The average Bonchev–Trinajstić information content (AvgIpc) is 0.722. The molecule has 0 bridgehead atoms. The van der Waals surface area contributed by atoms with Gasteiger partial charge in [0.05, 0.1) is 0 Å². The van der Waals surface area contributed by atoms with Gasteiger partial charge in [0.2, 0.25) is 0 Å². The molecule has 0 unspecified atom stereocenters. The van der Waals surface area contributed by atoms with E-state index >= 15 is 0 Å². The van der Waals surface area contributed by atoms with Gasteiger partial charge in [-0.2, -0.15) is 0 Å². The number of hydrogen-bond acceptors (Lipinski definition) is 4. The van der Waals surface area contributed by atoms with E-state index < -0.39 is 13.6 Å². The van der Waals surface area contributed by atoms with E-state index in [0.717, 1.165) is 0 Å². The summed E-state index contributed by atoms with van der Waals surface area (Å²) in [5.74, 6) is 0. The van der Waals surface area contributed by atoms with Gasteiger partial charge in [-0.05, 0) is 0 Å². The van der Waals surface area contributed by atoms with Gasteiger partial charge in [0, 0.05) is 0 Å². The summed E-state index contributed by atoms with van der Waals surface area (Å²) in [5.41, 5.74) is 0. The van der Waals surface area contributed by atoms with Crippen LogP contribution in [0.2, 0.25) is 0 Å². The van der Waals surface area contributed by atoms with Crippen LogP contribution in [-0.2, 0) is 21.2 Å². The van der Waals surface area contributed by atoms with Crippen LogP contribution in [0.25, 0.3) is 0 Å². The summed E-state index contributed by atoms with van der Waals surface area (Å²) in [7, 11) is 0. The van der Waals surface area contributed by atoms with E-state index in [1.807, 2.05) is 0 Å². The molecule has 0 N–H and O–H groups in total. The van der Waals surface area contributed by atoms with Crippen LogP contribution < -0.4 is 8.32 Å². The molecule has 36 valence electrons. The Morgan fingerprint density at radius 1 is 1.17 bits per heavy atom. The average molecular weight is 191 g/mol. The molecule has 0 aliphatic heterocycles. The zero-order valence-electron chi connectivity index (χ0n) is 2.75. The van der Waals surface area contributed by atoms with Gasteiger partial charge < -0.3 is 0 Å². The Balaban J connectivity index is 0. The first-order valence-corrected chi connectivity index (χ1v) is 2.75. The fourth-order valence-corrected chi connectivity index (χ4v) is 0. The van der Waals surface area contributed by atoms with Crippen LogP contribution in [-0.4, -0.2) is 17.6 Å². The van der Waals surface area contributed by atoms with E-state index in [0.29, 0.717) is 0 Å². The van der Waals surface area contributed by atoms with Crippen molar-refractivity contribution in [1.82, 2.24) is 0 Å². The Labute approximate surface area is 47.5 Å². The van der Waals surface area contributed by atoms with E-state index in [1.54, 1.807) is 0 Å². The molecule has 6 heteroatoms. The molecule has 0 aromatic heterocycles. The van der Waals surface area contributed by atoms with Gasteiger partial charge in [0.15, 0.2) is 0 Å².